The molecule has 0 N–H and O–H groups in total. The minimum Gasteiger partial charge on any atom is -0.461 e. The Kier molecular flexibility index (Phi) is 9.56. The SMILES string of the molecule is CC(C)OC(=O)C(C(=O)OC(C)C)N(CCO[Si](C)(C)C(C)(C)C)c1ccccc1. The van der Waals surface area contributed by atoms with E-state index < -0.39 is 26.3 Å². The van der Waals surface area contributed by atoms with Gasteiger partial charge in [-0.15, -0.1) is 0 Å². The molecule has 1 rings (SSSR count). The number of para-hydroxylation sites is 1. The first-order valence-corrected chi connectivity index (χ1v) is 13.5. The molecule has 0 saturated heterocycles. The summed E-state index contributed by atoms with van der Waals surface area (Å²) in [7, 11) is -1.97. The number of nitrogens with zero attached hydrogens (tertiary/aromatic N) is 1. The van der Waals surface area contributed by atoms with Gasteiger partial charge < -0.3 is 18.8 Å². The summed E-state index contributed by atoms with van der Waals surface area (Å²) >= 11 is 0. The standard InChI is InChI=1S/C23H39NO5Si/c1-17(2)28-21(25)20(22(26)29-18(3)4)24(19-13-11-10-12-14-19)15-16-27-30(8,9)23(5,6)7/h10-14,17-18,20H,15-16H2,1-9H3. The van der Waals surface area contributed by atoms with Crippen molar-refractivity contribution in [2.75, 3.05) is 18.1 Å². The molecule has 0 heterocycles. The lowest BCUT2D eigenvalue weighted by atomic mass is 10.2. The van der Waals surface area contributed by atoms with Crippen molar-refractivity contribution in [1.29, 1.82) is 0 Å². The molecule has 0 spiro atoms. The molecule has 1 aromatic rings. The van der Waals surface area contributed by atoms with Gasteiger partial charge in [0.15, 0.2) is 8.32 Å². The lowest BCUT2D eigenvalue weighted by Crippen LogP contribution is -2.52. The van der Waals surface area contributed by atoms with Gasteiger partial charge in [-0.05, 0) is 58.0 Å². The van der Waals surface area contributed by atoms with E-state index in [1.54, 1.807) is 32.6 Å². The highest BCUT2D eigenvalue weighted by molar-refractivity contribution is 6.74. The molecular weight excluding hydrogens is 398 g/mol. The van der Waals surface area contributed by atoms with Crippen molar-refractivity contribution in [2.24, 2.45) is 0 Å². The maximum atomic E-state index is 12.9. The third kappa shape index (κ3) is 7.76. The van der Waals surface area contributed by atoms with Crippen molar-refractivity contribution in [3.05, 3.63) is 30.3 Å². The minimum atomic E-state index is -1.97. The summed E-state index contributed by atoms with van der Waals surface area (Å²) in [6.07, 6.45) is -0.680. The van der Waals surface area contributed by atoms with Crippen molar-refractivity contribution < 1.29 is 23.5 Å². The van der Waals surface area contributed by atoms with Crippen molar-refractivity contribution in [1.82, 2.24) is 0 Å². The molecule has 0 radical (unpaired) electrons. The summed E-state index contributed by atoms with van der Waals surface area (Å²) in [5.41, 5.74) is 0.739. The molecule has 0 amide bonds. The van der Waals surface area contributed by atoms with Gasteiger partial charge in [0.1, 0.15) is 0 Å². The number of benzene rings is 1. The molecule has 7 heteroatoms. The Hall–Kier alpha value is -1.86. The summed E-state index contributed by atoms with van der Waals surface area (Å²) in [5, 5.41) is 0.0666. The zero-order chi connectivity index (χ0) is 23.1. The fourth-order valence-corrected chi connectivity index (χ4v) is 3.62. The smallest absolute Gasteiger partial charge is 0.340 e. The van der Waals surface area contributed by atoms with Gasteiger partial charge in [0.25, 0.3) is 0 Å². The van der Waals surface area contributed by atoms with Gasteiger partial charge in [-0.1, -0.05) is 39.0 Å². The second-order valence-electron chi connectivity index (χ2n) is 9.51. The van der Waals surface area contributed by atoms with Crippen LogP contribution in [-0.2, 0) is 23.5 Å². The van der Waals surface area contributed by atoms with Crippen LogP contribution in [-0.4, -0.2) is 51.7 Å². The number of hydrogen-bond acceptors (Lipinski definition) is 6. The van der Waals surface area contributed by atoms with Crippen molar-refractivity contribution in [3.8, 4) is 0 Å². The Morgan fingerprint density at radius 1 is 0.933 bits per heavy atom. The third-order valence-electron chi connectivity index (χ3n) is 5.15. The maximum Gasteiger partial charge on any atom is 0.340 e. The van der Waals surface area contributed by atoms with E-state index in [1.165, 1.54) is 0 Å². The fraction of sp³-hybridized carbons (Fsp3) is 0.652. The van der Waals surface area contributed by atoms with Crippen LogP contribution in [0.15, 0.2) is 30.3 Å². The number of anilines is 1. The highest BCUT2D eigenvalue weighted by Gasteiger charge is 2.39. The summed E-state index contributed by atoms with van der Waals surface area (Å²) in [5.74, 6) is -1.24. The largest absolute Gasteiger partial charge is 0.461 e. The van der Waals surface area contributed by atoms with Gasteiger partial charge in [0.2, 0.25) is 6.04 Å². The molecule has 0 fully saturated rings. The van der Waals surface area contributed by atoms with Crippen LogP contribution in [0.3, 0.4) is 0 Å². The first-order valence-electron chi connectivity index (χ1n) is 10.6. The van der Waals surface area contributed by atoms with E-state index in [9.17, 15) is 9.59 Å². The van der Waals surface area contributed by atoms with Crippen molar-refractivity contribution >= 4 is 25.9 Å². The van der Waals surface area contributed by atoms with E-state index in [2.05, 4.69) is 33.9 Å². The first-order chi connectivity index (χ1) is 13.8. The van der Waals surface area contributed by atoms with Crippen molar-refractivity contribution in [2.45, 2.75) is 84.8 Å². The molecule has 6 nitrogen and oxygen atoms in total. The number of ether oxygens (including phenoxy) is 2. The highest BCUT2D eigenvalue weighted by atomic mass is 28.4. The van der Waals surface area contributed by atoms with E-state index in [0.29, 0.717) is 13.2 Å². The summed E-state index contributed by atoms with van der Waals surface area (Å²) in [6.45, 7) is 18.7. The van der Waals surface area contributed by atoms with Crippen LogP contribution in [0.25, 0.3) is 0 Å². The first kappa shape index (κ1) is 26.2. The van der Waals surface area contributed by atoms with Crippen LogP contribution in [0.2, 0.25) is 18.1 Å². The average Bonchev–Trinajstić information content (AvgIpc) is 2.59. The lowest BCUT2D eigenvalue weighted by molar-refractivity contribution is -0.161. The Bertz CT molecular complexity index is 661. The zero-order valence-corrected chi connectivity index (χ0v) is 21.0. The predicted molar refractivity (Wildman–Crippen MR) is 123 cm³/mol. The second kappa shape index (κ2) is 11.0. The van der Waals surface area contributed by atoms with Gasteiger partial charge in [-0.25, -0.2) is 9.59 Å². The Balaban J connectivity index is 3.21. The summed E-state index contributed by atoms with van der Waals surface area (Å²) in [4.78, 5) is 27.6. The molecule has 0 saturated carbocycles. The number of hydrogen-bond donors (Lipinski definition) is 0. The van der Waals surface area contributed by atoms with Gasteiger partial charge in [-0.3, -0.25) is 0 Å². The molecule has 0 aliphatic rings. The van der Waals surface area contributed by atoms with Crippen LogP contribution in [0, 0.1) is 0 Å². The Morgan fingerprint density at radius 2 is 1.40 bits per heavy atom. The maximum absolute atomic E-state index is 12.9. The van der Waals surface area contributed by atoms with Gasteiger partial charge in [0, 0.05) is 12.2 Å². The normalized spacial score (nSPS) is 12.4. The van der Waals surface area contributed by atoms with Crippen molar-refractivity contribution in [3.63, 3.8) is 0 Å². The molecule has 0 aromatic heterocycles. The average molecular weight is 438 g/mol. The second-order valence-corrected chi connectivity index (χ2v) is 14.3. The van der Waals surface area contributed by atoms with Crippen LogP contribution in [0.1, 0.15) is 48.5 Å². The van der Waals surface area contributed by atoms with E-state index in [-0.39, 0.29) is 17.2 Å². The molecule has 170 valence electrons. The molecule has 0 aliphatic heterocycles. The van der Waals surface area contributed by atoms with E-state index in [1.807, 2.05) is 30.3 Å². The highest BCUT2D eigenvalue weighted by Crippen LogP contribution is 2.36. The molecule has 30 heavy (non-hydrogen) atoms. The van der Waals surface area contributed by atoms with E-state index in [0.717, 1.165) is 5.69 Å². The summed E-state index contributed by atoms with van der Waals surface area (Å²) < 4.78 is 17.1. The van der Waals surface area contributed by atoms with Crippen LogP contribution < -0.4 is 4.90 Å². The van der Waals surface area contributed by atoms with E-state index in [4.69, 9.17) is 13.9 Å². The third-order valence-corrected chi connectivity index (χ3v) is 9.69. The number of rotatable bonds is 10. The zero-order valence-electron chi connectivity index (χ0n) is 20.0. The quantitative estimate of drug-likeness (QED) is 0.298. The molecular formula is C23H39NO5Si. The number of carbonyl (C=O) groups excluding carboxylic acids is 2. The number of esters is 2. The monoisotopic (exact) mass is 437 g/mol. The van der Waals surface area contributed by atoms with Gasteiger partial charge in [0.05, 0.1) is 18.8 Å². The fourth-order valence-electron chi connectivity index (χ4n) is 2.59. The predicted octanol–water partition coefficient (Wildman–Crippen LogP) is 4.79. The Labute approximate surface area is 183 Å². The molecule has 0 unspecified atom stereocenters. The van der Waals surface area contributed by atoms with Gasteiger partial charge in [-0.2, -0.15) is 0 Å². The van der Waals surface area contributed by atoms with Crippen LogP contribution >= 0.6 is 0 Å². The molecule has 0 bridgehead atoms. The number of carbonyl (C=O) groups is 2. The molecule has 0 aliphatic carbocycles. The lowest BCUT2D eigenvalue weighted by Gasteiger charge is -2.38. The van der Waals surface area contributed by atoms with Crippen LogP contribution in [0.4, 0.5) is 5.69 Å². The Morgan fingerprint density at radius 3 is 1.80 bits per heavy atom. The topological polar surface area (TPSA) is 65.1 Å². The summed E-state index contributed by atoms with van der Waals surface area (Å²) in [6, 6.07) is 8.17. The van der Waals surface area contributed by atoms with E-state index >= 15 is 0 Å². The molecule has 1 aromatic carbocycles. The molecule has 0 atom stereocenters. The minimum absolute atomic E-state index is 0.0666. The van der Waals surface area contributed by atoms with Gasteiger partial charge >= 0.3 is 11.9 Å². The van der Waals surface area contributed by atoms with Crippen LogP contribution in [0.5, 0.6) is 0 Å².